The maximum atomic E-state index is 13.8. The predicted molar refractivity (Wildman–Crippen MR) is 117 cm³/mol. The van der Waals surface area contributed by atoms with Gasteiger partial charge < -0.3 is 10.6 Å². The third-order valence-electron chi connectivity index (χ3n) is 7.75. The fraction of sp³-hybridized carbons (Fsp3) is 0.609. The minimum atomic E-state index is -2.72. The Hall–Kier alpha value is -2.29. The molecule has 2 amide bonds. The van der Waals surface area contributed by atoms with Crippen LogP contribution in [0.15, 0.2) is 18.2 Å². The molecule has 1 heterocycles. The first-order chi connectivity index (χ1) is 15.4. The maximum Gasteiger partial charge on any atom is 0.248 e. The number of carbonyl (C=O) groups is 2. The maximum absolute atomic E-state index is 13.8. The van der Waals surface area contributed by atoms with Crippen LogP contribution in [0.3, 0.4) is 0 Å². The van der Waals surface area contributed by atoms with Crippen LogP contribution in [0.4, 0.5) is 18.9 Å². The van der Waals surface area contributed by atoms with Crippen LogP contribution in [0.5, 0.6) is 0 Å². The zero-order valence-corrected chi connectivity index (χ0v) is 19.0. The van der Waals surface area contributed by atoms with Crippen molar-refractivity contribution in [1.29, 1.82) is 5.41 Å². The summed E-state index contributed by atoms with van der Waals surface area (Å²) in [4.78, 5) is 27.0. The first kappa shape index (κ1) is 22.5. The number of alkyl halides is 3. The second-order valence-corrected chi connectivity index (χ2v) is 10.8. The molecule has 1 saturated heterocycles. The molecule has 3 N–H and O–H groups in total. The highest BCUT2D eigenvalue weighted by molar-refractivity contribution is 6.34. The number of hydrogen-bond donors (Lipinski definition) is 3. The summed E-state index contributed by atoms with van der Waals surface area (Å²) in [6.45, 7) is 1.74. The Balaban J connectivity index is 1.32. The molecule has 33 heavy (non-hydrogen) atoms. The fourth-order valence-electron chi connectivity index (χ4n) is 5.92. The average Bonchev–Trinajstić information content (AvgIpc) is 2.66. The van der Waals surface area contributed by atoms with Crippen LogP contribution in [0, 0.1) is 10.8 Å². The zero-order valence-electron chi connectivity index (χ0n) is 18.2. The van der Waals surface area contributed by atoms with Crippen molar-refractivity contribution in [1.82, 2.24) is 10.2 Å². The molecule has 10 heteroatoms. The highest BCUT2D eigenvalue weighted by Crippen LogP contribution is 2.69. The normalized spacial score (nSPS) is 35.4. The quantitative estimate of drug-likeness (QED) is 0.580. The van der Waals surface area contributed by atoms with Gasteiger partial charge in [0, 0.05) is 18.9 Å². The molecule has 6 rings (SSSR count). The van der Waals surface area contributed by atoms with Crippen LogP contribution in [0.2, 0.25) is 5.02 Å². The molecular formula is C23H26ClF3N4O2. The lowest BCUT2D eigenvalue weighted by Gasteiger charge is -2.64. The summed E-state index contributed by atoms with van der Waals surface area (Å²) >= 11 is 6.63. The van der Waals surface area contributed by atoms with Crippen molar-refractivity contribution in [2.75, 3.05) is 5.32 Å². The second kappa shape index (κ2) is 7.10. The number of carbonyl (C=O) groups excluding carboxylic acids is 2. The topological polar surface area (TPSA) is 85.3 Å². The Morgan fingerprint density at radius 3 is 2.42 bits per heavy atom. The minimum Gasteiger partial charge on any atom is -0.346 e. The Morgan fingerprint density at radius 1 is 1.21 bits per heavy atom. The predicted octanol–water partition coefficient (Wildman–Crippen LogP) is 4.72. The molecule has 4 aliphatic carbocycles. The molecule has 5 aliphatic rings. The van der Waals surface area contributed by atoms with Gasteiger partial charge in [0.2, 0.25) is 17.7 Å². The number of nitrogens with one attached hydrogen (secondary N) is 3. The van der Waals surface area contributed by atoms with Gasteiger partial charge in [0.15, 0.2) is 5.96 Å². The van der Waals surface area contributed by atoms with Gasteiger partial charge in [-0.1, -0.05) is 23.7 Å². The summed E-state index contributed by atoms with van der Waals surface area (Å²) in [6, 6.07) is 4.63. The van der Waals surface area contributed by atoms with Gasteiger partial charge in [-0.3, -0.25) is 19.9 Å². The second-order valence-electron chi connectivity index (χ2n) is 10.4. The van der Waals surface area contributed by atoms with Crippen molar-refractivity contribution < 1.29 is 22.8 Å². The Labute approximate surface area is 194 Å². The van der Waals surface area contributed by atoms with Crippen molar-refractivity contribution >= 4 is 35.1 Å². The van der Waals surface area contributed by atoms with Crippen LogP contribution >= 0.6 is 11.6 Å². The van der Waals surface area contributed by atoms with Crippen molar-refractivity contribution in [3.05, 3.63) is 28.8 Å². The molecule has 1 atom stereocenters. The number of rotatable bonds is 4. The van der Waals surface area contributed by atoms with E-state index in [1.54, 1.807) is 25.1 Å². The monoisotopic (exact) mass is 482 g/mol. The lowest BCUT2D eigenvalue weighted by molar-refractivity contribution is -0.209. The highest BCUT2D eigenvalue weighted by Gasteiger charge is 2.72. The van der Waals surface area contributed by atoms with Crippen molar-refractivity contribution in [3.8, 4) is 0 Å². The molecule has 1 aromatic rings. The van der Waals surface area contributed by atoms with Crippen molar-refractivity contribution in [3.63, 3.8) is 0 Å². The molecule has 0 aromatic heterocycles. The van der Waals surface area contributed by atoms with Gasteiger partial charge >= 0.3 is 0 Å². The number of halogens is 4. The van der Waals surface area contributed by atoms with Gasteiger partial charge in [0.25, 0.3) is 0 Å². The number of hydrogen-bond acceptors (Lipinski definition) is 3. The largest absolute Gasteiger partial charge is 0.346 e. The lowest BCUT2D eigenvalue weighted by Crippen LogP contribution is -2.69. The molecule has 0 radical (unpaired) electrons. The summed E-state index contributed by atoms with van der Waals surface area (Å²) < 4.78 is 40.9. The molecule has 2 bridgehead atoms. The summed E-state index contributed by atoms with van der Waals surface area (Å²) in [5, 5.41) is 14.6. The number of nitrogens with zero attached hydrogens (tertiary/aromatic N) is 1. The summed E-state index contributed by atoms with van der Waals surface area (Å²) in [6.07, 6.45) is 0.362. The van der Waals surface area contributed by atoms with Crippen LogP contribution in [0.25, 0.3) is 0 Å². The third kappa shape index (κ3) is 3.59. The van der Waals surface area contributed by atoms with E-state index in [4.69, 9.17) is 17.0 Å². The molecule has 1 aromatic carbocycles. The van der Waals surface area contributed by atoms with Gasteiger partial charge in [-0.15, -0.1) is 0 Å². The lowest BCUT2D eigenvalue weighted by atomic mass is 9.42. The van der Waals surface area contributed by atoms with Gasteiger partial charge in [-0.05, 0) is 50.7 Å². The highest BCUT2D eigenvalue weighted by atomic mass is 35.5. The molecule has 6 nitrogen and oxygen atoms in total. The van der Waals surface area contributed by atoms with Gasteiger partial charge in [-0.2, -0.15) is 0 Å². The summed E-state index contributed by atoms with van der Waals surface area (Å²) in [5.41, 5.74) is -1.95. The molecular weight excluding hydrogens is 457 g/mol. The van der Waals surface area contributed by atoms with E-state index in [-0.39, 0.29) is 74.2 Å². The molecule has 4 saturated carbocycles. The molecule has 5 fully saturated rings. The van der Waals surface area contributed by atoms with E-state index in [1.807, 2.05) is 0 Å². The average molecular weight is 483 g/mol. The third-order valence-corrected chi connectivity index (χ3v) is 8.16. The first-order valence-corrected chi connectivity index (χ1v) is 11.6. The SMILES string of the molecule is C[C@@]1(c2cccc(NC(=O)C34CC(F)(C3)C4)c2Cl)CC(=O)N(C2CCC(F)(F)CC2)C(=N)N1. The number of amides is 2. The van der Waals surface area contributed by atoms with E-state index >= 15 is 0 Å². The van der Waals surface area contributed by atoms with Crippen LogP contribution in [-0.2, 0) is 15.1 Å². The van der Waals surface area contributed by atoms with E-state index in [9.17, 15) is 22.8 Å². The Kier molecular flexibility index (Phi) is 4.84. The van der Waals surface area contributed by atoms with E-state index in [2.05, 4.69) is 10.6 Å². The first-order valence-electron chi connectivity index (χ1n) is 11.2. The molecule has 0 spiro atoms. The minimum absolute atomic E-state index is 0.0201. The fourth-order valence-corrected chi connectivity index (χ4v) is 6.31. The Bertz CT molecular complexity index is 1010. The van der Waals surface area contributed by atoms with Gasteiger partial charge in [0.05, 0.1) is 28.1 Å². The van der Waals surface area contributed by atoms with Crippen molar-refractivity contribution in [2.24, 2.45) is 5.41 Å². The van der Waals surface area contributed by atoms with Gasteiger partial charge in [0.1, 0.15) is 5.67 Å². The van der Waals surface area contributed by atoms with Crippen molar-refractivity contribution in [2.45, 2.75) is 81.5 Å². The van der Waals surface area contributed by atoms with E-state index in [0.29, 0.717) is 11.3 Å². The van der Waals surface area contributed by atoms with Crippen LogP contribution < -0.4 is 10.6 Å². The van der Waals surface area contributed by atoms with E-state index < -0.39 is 28.6 Å². The molecule has 178 valence electrons. The summed E-state index contributed by atoms with van der Waals surface area (Å²) in [7, 11) is 0. The number of benzene rings is 1. The standard InChI is InChI=1S/C23H26ClF3N4O2/c1-20(9-16(32)31(19(28)30-20)13-5-7-23(26,27)8-6-13)14-3-2-4-15(17(14)24)29-18(33)21-10-22(25,11-21)12-21/h2-4,13H,5-12H2,1H3,(H2,28,30)(H,29,33)/t20-,21?,22?/m0/s1. The van der Waals surface area contributed by atoms with E-state index in [0.717, 1.165) is 0 Å². The molecule has 0 unspecified atom stereocenters. The molecule has 1 aliphatic heterocycles. The van der Waals surface area contributed by atoms with Crippen LogP contribution in [0.1, 0.15) is 63.9 Å². The number of anilines is 1. The Morgan fingerprint density at radius 2 is 1.85 bits per heavy atom. The smallest absolute Gasteiger partial charge is 0.248 e. The van der Waals surface area contributed by atoms with Crippen LogP contribution in [-0.4, -0.2) is 40.3 Å². The van der Waals surface area contributed by atoms with E-state index in [1.165, 1.54) is 4.90 Å². The number of guanidine groups is 1. The zero-order chi connectivity index (χ0) is 23.8. The summed E-state index contributed by atoms with van der Waals surface area (Å²) in [5.74, 6) is -3.45. The van der Waals surface area contributed by atoms with Gasteiger partial charge in [-0.25, -0.2) is 13.2 Å².